The Hall–Kier alpha value is -1.15. The third kappa shape index (κ3) is 4.42. The van der Waals surface area contributed by atoms with Crippen molar-refractivity contribution in [2.24, 2.45) is 17.4 Å². The van der Waals surface area contributed by atoms with E-state index in [1.165, 1.54) is 24.3 Å². The van der Waals surface area contributed by atoms with Crippen LogP contribution in [0.3, 0.4) is 0 Å². The summed E-state index contributed by atoms with van der Waals surface area (Å²) in [7, 11) is -3.60. The molecule has 2 rings (SSSR count). The molecule has 0 aromatic heterocycles. The van der Waals surface area contributed by atoms with Gasteiger partial charge in [0, 0.05) is 11.6 Å². The van der Waals surface area contributed by atoms with Crippen molar-refractivity contribution in [1.29, 1.82) is 0 Å². The third-order valence-corrected chi connectivity index (χ3v) is 5.47. The monoisotopic (exact) mass is 347 g/mol. The number of nitrogens with two attached hydrogens (primary N) is 2. The molecule has 1 aromatic carbocycles. The summed E-state index contributed by atoms with van der Waals surface area (Å²) in [6, 6.07) is 5.49. The van der Waals surface area contributed by atoms with Crippen molar-refractivity contribution in [2.45, 2.75) is 36.6 Å². The van der Waals surface area contributed by atoms with Crippen LogP contribution in [0, 0.1) is 5.92 Å². The molecule has 1 aromatic rings. The van der Waals surface area contributed by atoms with Gasteiger partial charge in [0.2, 0.25) is 15.9 Å². The van der Waals surface area contributed by atoms with Gasteiger partial charge in [-0.1, -0.05) is 12.8 Å². The van der Waals surface area contributed by atoms with Crippen LogP contribution in [-0.2, 0) is 10.0 Å². The maximum atomic E-state index is 12.4. The summed E-state index contributed by atoms with van der Waals surface area (Å²) in [5.74, 6) is -0.402. The smallest absolute Gasteiger partial charge is 0.248 e. The topological polar surface area (TPSA) is 115 Å². The summed E-state index contributed by atoms with van der Waals surface area (Å²) >= 11 is 0. The number of halogens is 1. The van der Waals surface area contributed by atoms with Crippen LogP contribution in [0.1, 0.15) is 36.0 Å². The molecule has 8 heteroatoms. The Morgan fingerprint density at radius 1 is 1.18 bits per heavy atom. The first-order chi connectivity index (χ1) is 9.94. The number of carbonyl (C=O) groups excluding carboxylic acids is 1. The SMILES string of the molecule is Cl.NCC1CCCCC1NS(=O)(=O)c1ccc(C(N)=O)cc1. The van der Waals surface area contributed by atoms with Crippen molar-refractivity contribution in [3.63, 3.8) is 0 Å². The lowest BCUT2D eigenvalue weighted by Crippen LogP contribution is -2.44. The molecule has 0 aliphatic heterocycles. The molecule has 1 fully saturated rings. The zero-order valence-electron chi connectivity index (χ0n) is 12.2. The Morgan fingerprint density at radius 2 is 1.77 bits per heavy atom. The standard InChI is InChI=1S/C14H21N3O3S.ClH/c15-9-11-3-1-2-4-13(11)17-21(19,20)12-7-5-10(6-8-12)14(16)18;/h5-8,11,13,17H,1-4,9,15H2,(H2,16,18);1H. The molecule has 124 valence electrons. The maximum Gasteiger partial charge on any atom is 0.248 e. The van der Waals surface area contributed by atoms with Gasteiger partial charge in [-0.25, -0.2) is 13.1 Å². The van der Waals surface area contributed by atoms with Crippen LogP contribution < -0.4 is 16.2 Å². The number of sulfonamides is 1. The van der Waals surface area contributed by atoms with Gasteiger partial charge in [0.1, 0.15) is 0 Å². The molecule has 22 heavy (non-hydrogen) atoms. The summed E-state index contributed by atoms with van der Waals surface area (Å²) in [6.45, 7) is 0.480. The fourth-order valence-corrected chi connectivity index (χ4v) is 4.05. The Labute approximate surface area is 137 Å². The molecule has 0 saturated heterocycles. The van der Waals surface area contributed by atoms with Gasteiger partial charge < -0.3 is 11.5 Å². The van der Waals surface area contributed by atoms with Crippen molar-refractivity contribution in [1.82, 2.24) is 4.72 Å². The number of hydrogen-bond acceptors (Lipinski definition) is 4. The summed E-state index contributed by atoms with van der Waals surface area (Å²) in [5, 5.41) is 0. The first-order valence-corrected chi connectivity index (χ1v) is 8.54. The first-order valence-electron chi connectivity index (χ1n) is 7.06. The Kier molecular flexibility index (Phi) is 6.80. The van der Waals surface area contributed by atoms with Crippen molar-refractivity contribution < 1.29 is 13.2 Å². The molecular formula is C14H22ClN3O3S. The van der Waals surface area contributed by atoms with Crippen LogP contribution in [0.2, 0.25) is 0 Å². The van der Waals surface area contributed by atoms with Gasteiger partial charge in [-0.05, 0) is 49.6 Å². The van der Waals surface area contributed by atoms with E-state index >= 15 is 0 Å². The predicted molar refractivity (Wildman–Crippen MR) is 87.3 cm³/mol. The summed E-state index contributed by atoms with van der Waals surface area (Å²) in [5.41, 5.74) is 11.1. The third-order valence-electron chi connectivity index (χ3n) is 3.97. The van der Waals surface area contributed by atoms with E-state index in [1.54, 1.807) is 0 Å². The van der Waals surface area contributed by atoms with Crippen LogP contribution in [0.15, 0.2) is 29.2 Å². The van der Waals surface area contributed by atoms with Gasteiger partial charge in [-0.3, -0.25) is 4.79 Å². The summed E-state index contributed by atoms with van der Waals surface area (Å²) < 4.78 is 27.5. The first kappa shape index (κ1) is 18.9. The van der Waals surface area contributed by atoms with Gasteiger partial charge in [-0.2, -0.15) is 0 Å². The quantitative estimate of drug-likeness (QED) is 0.736. The van der Waals surface area contributed by atoms with Gasteiger partial charge >= 0.3 is 0 Å². The molecule has 5 N–H and O–H groups in total. The number of nitrogens with one attached hydrogen (secondary N) is 1. The Bertz CT molecular complexity index is 604. The molecule has 2 unspecified atom stereocenters. The molecular weight excluding hydrogens is 326 g/mol. The second kappa shape index (κ2) is 7.92. The fourth-order valence-electron chi connectivity index (χ4n) is 2.71. The highest BCUT2D eigenvalue weighted by Crippen LogP contribution is 2.25. The minimum absolute atomic E-state index is 0. The van der Waals surface area contributed by atoms with Crippen LogP contribution in [0.4, 0.5) is 0 Å². The van der Waals surface area contributed by atoms with E-state index in [4.69, 9.17) is 11.5 Å². The van der Waals surface area contributed by atoms with Crippen molar-refractivity contribution in [3.8, 4) is 0 Å². The van der Waals surface area contributed by atoms with E-state index in [1.807, 2.05) is 0 Å². The number of carbonyl (C=O) groups is 1. The average molecular weight is 348 g/mol. The lowest BCUT2D eigenvalue weighted by atomic mass is 9.85. The van der Waals surface area contributed by atoms with E-state index in [0.29, 0.717) is 6.54 Å². The molecule has 1 saturated carbocycles. The molecule has 0 radical (unpaired) electrons. The maximum absolute atomic E-state index is 12.4. The number of amides is 1. The normalized spacial score (nSPS) is 21.9. The predicted octanol–water partition coefficient (Wildman–Crippen LogP) is 1.00. The van der Waals surface area contributed by atoms with Crippen molar-refractivity contribution in [2.75, 3.05) is 6.54 Å². The zero-order valence-corrected chi connectivity index (χ0v) is 13.8. The summed E-state index contributed by atoms with van der Waals surface area (Å²) in [4.78, 5) is 11.1. The van der Waals surface area contributed by atoms with E-state index in [9.17, 15) is 13.2 Å². The Balaban J connectivity index is 0.00000242. The van der Waals surface area contributed by atoms with E-state index < -0.39 is 15.9 Å². The van der Waals surface area contributed by atoms with Gasteiger partial charge in [0.05, 0.1) is 4.90 Å². The summed E-state index contributed by atoms with van der Waals surface area (Å²) in [6.07, 6.45) is 3.85. The largest absolute Gasteiger partial charge is 0.366 e. The molecule has 0 bridgehead atoms. The van der Waals surface area contributed by atoms with Gasteiger partial charge in [-0.15, -0.1) is 12.4 Å². The van der Waals surface area contributed by atoms with E-state index in [-0.39, 0.29) is 34.8 Å². The van der Waals surface area contributed by atoms with Crippen LogP contribution in [0.5, 0.6) is 0 Å². The molecule has 1 amide bonds. The van der Waals surface area contributed by atoms with E-state index in [2.05, 4.69) is 4.72 Å². The van der Waals surface area contributed by atoms with Crippen LogP contribution >= 0.6 is 12.4 Å². The lowest BCUT2D eigenvalue weighted by molar-refractivity contribution is 0.1000. The number of hydrogen-bond donors (Lipinski definition) is 3. The Morgan fingerprint density at radius 3 is 2.32 bits per heavy atom. The molecule has 1 aliphatic rings. The number of benzene rings is 1. The second-order valence-electron chi connectivity index (χ2n) is 5.40. The van der Waals surface area contributed by atoms with E-state index in [0.717, 1.165) is 25.7 Å². The molecule has 0 spiro atoms. The highest BCUT2D eigenvalue weighted by atomic mass is 35.5. The minimum Gasteiger partial charge on any atom is -0.366 e. The van der Waals surface area contributed by atoms with Gasteiger partial charge in [0.15, 0.2) is 0 Å². The van der Waals surface area contributed by atoms with Crippen LogP contribution in [0.25, 0.3) is 0 Å². The number of primary amides is 1. The highest BCUT2D eigenvalue weighted by molar-refractivity contribution is 7.89. The van der Waals surface area contributed by atoms with Crippen LogP contribution in [-0.4, -0.2) is 26.9 Å². The molecule has 2 atom stereocenters. The minimum atomic E-state index is -3.60. The second-order valence-corrected chi connectivity index (χ2v) is 7.11. The van der Waals surface area contributed by atoms with Gasteiger partial charge in [0.25, 0.3) is 0 Å². The molecule has 6 nitrogen and oxygen atoms in total. The highest BCUT2D eigenvalue weighted by Gasteiger charge is 2.28. The molecule has 1 aliphatic carbocycles. The van der Waals surface area contributed by atoms with Crippen molar-refractivity contribution >= 4 is 28.3 Å². The average Bonchev–Trinajstić information content (AvgIpc) is 2.47. The fraction of sp³-hybridized carbons (Fsp3) is 0.500. The lowest BCUT2D eigenvalue weighted by Gasteiger charge is -2.31. The zero-order chi connectivity index (χ0) is 15.5. The number of rotatable bonds is 5. The van der Waals surface area contributed by atoms with Crippen molar-refractivity contribution in [3.05, 3.63) is 29.8 Å². The molecule has 0 heterocycles.